The Labute approximate surface area is 105 Å². The molecule has 0 N–H and O–H groups in total. The fraction of sp³-hybridized carbons (Fsp3) is 0.125. The van der Waals surface area contributed by atoms with Crippen molar-refractivity contribution in [3.8, 4) is 0 Å². The summed E-state index contributed by atoms with van der Waals surface area (Å²) in [5.41, 5.74) is 2.82. The average molecular weight is 236 g/mol. The highest BCUT2D eigenvalue weighted by molar-refractivity contribution is 6.30. The molecule has 0 heterocycles. The maximum atomic E-state index is 12.4. The molecule has 1 aliphatic carbocycles. The molecule has 0 fully saturated rings. The summed E-state index contributed by atoms with van der Waals surface area (Å²) in [6, 6.07) is 14.7. The lowest BCUT2D eigenvalue weighted by Crippen LogP contribution is -2.12. The van der Waals surface area contributed by atoms with Crippen molar-refractivity contribution in [1.29, 1.82) is 0 Å². The molecule has 2 aromatic rings. The molecule has 0 saturated heterocycles. The van der Waals surface area contributed by atoms with E-state index in [9.17, 15) is 9.59 Å². The van der Waals surface area contributed by atoms with Crippen LogP contribution in [0.1, 0.15) is 37.8 Å². The van der Waals surface area contributed by atoms with Gasteiger partial charge in [-0.15, -0.1) is 0 Å². The first kappa shape index (κ1) is 10.9. The molecule has 1 atom stereocenters. The second-order valence-corrected chi connectivity index (χ2v) is 4.57. The second-order valence-electron chi connectivity index (χ2n) is 4.57. The Morgan fingerprint density at radius 3 is 2.22 bits per heavy atom. The molecule has 0 bridgehead atoms. The van der Waals surface area contributed by atoms with Crippen LogP contribution in [0.3, 0.4) is 0 Å². The molecule has 0 aliphatic heterocycles. The number of ketones is 2. The quantitative estimate of drug-likeness (QED) is 0.713. The van der Waals surface area contributed by atoms with E-state index in [2.05, 4.69) is 0 Å². The third-order valence-electron chi connectivity index (χ3n) is 3.44. The summed E-state index contributed by atoms with van der Waals surface area (Å²) in [4.78, 5) is 24.7. The fourth-order valence-corrected chi connectivity index (χ4v) is 2.57. The molecule has 1 aliphatic rings. The molecular formula is C16H12O2. The summed E-state index contributed by atoms with van der Waals surface area (Å²) >= 11 is 0. The van der Waals surface area contributed by atoms with Crippen molar-refractivity contribution < 1.29 is 9.59 Å². The molecule has 0 radical (unpaired) electrons. The van der Waals surface area contributed by atoms with Crippen molar-refractivity contribution >= 4 is 11.6 Å². The molecule has 2 heteroatoms. The molecule has 18 heavy (non-hydrogen) atoms. The first-order chi connectivity index (χ1) is 8.70. The lowest BCUT2D eigenvalue weighted by molar-refractivity contribution is 0.0890. The molecule has 0 aromatic heterocycles. The Hall–Kier alpha value is -2.22. The molecule has 2 nitrogen and oxygen atoms in total. The molecular weight excluding hydrogens is 224 g/mol. The fourth-order valence-electron chi connectivity index (χ4n) is 2.57. The molecule has 0 spiro atoms. The van der Waals surface area contributed by atoms with Gasteiger partial charge in [-0.05, 0) is 18.1 Å². The number of rotatable bonds is 1. The average Bonchev–Trinajstić information content (AvgIpc) is 2.64. The maximum Gasteiger partial charge on any atom is 0.179 e. The van der Waals surface area contributed by atoms with Gasteiger partial charge < -0.3 is 0 Å². The minimum Gasteiger partial charge on any atom is -0.293 e. The SMILES string of the molecule is Cc1cccc2c1C(=O)C(c1ccccc1)C2=O. The summed E-state index contributed by atoms with van der Waals surface area (Å²) in [6.45, 7) is 1.87. The van der Waals surface area contributed by atoms with Gasteiger partial charge in [0, 0.05) is 11.1 Å². The van der Waals surface area contributed by atoms with Gasteiger partial charge in [-0.25, -0.2) is 0 Å². The predicted octanol–water partition coefficient (Wildman–Crippen LogP) is 3.16. The highest BCUT2D eigenvalue weighted by atomic mass is 16.2. The zero-order valence-corrected chi connectivity index (χ0v) is 10.0. The van der Waals surface area contributed by atoms with Crippen LogP contribution in [0.2, 0.25) is 0 Å². The number of Topliss-reactive ketones (excluding diaryl/α,β-unsaturated/α-hetero) is 2. The minimum atomic E-state index is -0.651. The summed E-state index contributed by atoms with van der Waals surface area (Å²) in [6.07, 6.45) is 0. The topological polar surface area (TPSA) is 34.1 Å². The standard InChI is InChI=1S/C16H12O2/c1-10-6-5-9-12-13(10)16(18)14(15(12)17)11-7-3-2-4-8-11/h2-9,14H,1H3. The van der Waals surface area contributed by atoms with Crippen molar-refractivity contribution in [3.05, 3.63) is 70.8 Å². The summed E-state index contributed by atoms with van der Waals surface area (Å²) in [5.74, 6) is -0.800. The molecule has 2 aromatic carbocycles. The van der Waals surface area contributed by atoms with Crippen LogP contribution in [0.15, 0.2) is 48.5 Å². The smallest absolute Gasteiger partial charge is 0.179 e. The van der Waals surface area contributed by atoms with Gasteiger partial charge in [0.1, 0.15) is 5.92 Å². The summed E-state index contributed by atoms with van der Waals surface area (Å²) in [5, 5.41) is 0. The highest BCUT2D eigenvalue weighted by Gasteiger charge is 2.40. The first-order valence-corrected chi connectivity index (χ1v) is 5.93. The monoisotopic (exact) mass is 236 g/mol. The zero-order chi connectivity index (χ0) is 12.7. The summed E-state index contributed by atoms with van der Waals surface area (Å²) in [7, 11) is 0. The van der Waals surface area contributed by atoms with Crippen molar-refractivity contribution in [2.75, 3.05) is 0 Å². The Bertz CT molecular complexity index is 641. The third-order valence-corrected chi connectivity index (χ3v) is 3.44. The van der Waals surface area contributed by atoms with E-state index in [-0.39, 0.29) is 11.6 Å². The predicted molar refractivity (Wildman–Crippen MR) is 69.0 cm³/mol. The van der Waals surface area contributed by atoms with Crippen molar-refractivity contribution in [1.82, 2.24) is 0 Å². The van der Waals surface area contributed by atoms with Crippen LogP contribution in [0.25, 0.3) is 0 Å². The van der Waals surface area contributed by atoms with Crippen LogP contribution < -0.4 is 0 Å². The van der Waals surface area contributed by atoms with Gasteiger partial charge in [0.15, 0.2) is 11.6 Å². The maximum absolute atomic E-state index is 12.4. The Morgan fingerprint density at radius 1 is 0.833 bits per heavy atom. The van der Waals surface area contributed by atoms with E-state index in [1.807, 2.05) is 49.4 Å². The normalized spacial score (nSPS) is 17.9. The number of carbonyl (C=O) groups is 2. The molecule has 0 saturated carbocycles. The van der Waals surface area contributed by atoms with Crippen molar-refractivity contribution in [2.24, 2.45) is 0 Å². The van der Waals surface area contributed by atoms with Crippen molar-refractivity contribution in [3.63, 3.8) is 0 Å². The molecule has 0 amide bonds. The van der Waals surface area contributed by atoms with Crippen LogP contribution in [0.4, 0.5) is 0 Å². The van der Waals surface area contributed by atoms with E-state index in [0.29, 0.717) is 11.1 Å². The van der Waals surface area contributed by atoms with Crippen LogP contribution in [0, 0.1) is 6.92 Å². The zero-order valence-electron chi connectivity index (χ0n) is 10.0. The van der Waals surface area contributed by atoms with Crippen LogP contribution >= 0.6 is 0 Å². The Balaban J connectivity index is 2.17. The molecule has 1 unspecified atom stereocenters. The summed E-state index contributed by atoms with van der Waals surface area (Å²) < 4.78 is 0. The van der Waals surface area contributed by atoms with Gasteiger partial charge in [-0.2, -0.15) is 0 Å². The number of hydrogen-bond donors (Lipinski definition) is 0. The van der Waals surface area contributed by atoms with E-state index in [0.717, 1.165) is 11.1 Å². The number of aryl methyl sites for hydroxylation is 1. The number of fused-ring (bicyclic) bond motifs is 1. The van der Waals surface area contributed by atoms with Gasteiger partial charge in [-0.3, -0.25) is 9.59 Å². The second kappa shape index (κ2) is 3.91. The number of hydrogen-bond acceptors (Lipinski definition) is 2. The van der Waals surface area contributed by atoms with E-state index >= 15 is 0 Å². The van der Waals surface area contributed by atoms with Crippen LogP contribution in [-0.2, 0) is 0 Å². The van der Waals surface area contributed by atoms with Gasteiger partial charge in [0.25, 0.3) is 0 Å². The molecule has 88 valence electrons. The Morgan fingerprint density at radius 2 is 1.56 bits per heavy atom. The Kier molecular flexibility index (Phi) is 2.37. The largest absolute Gasteiger partial charge is 0.293 e. The lowest BCUT2D eigenvalue weighted by atomic mass is 9.94. The third kappa shape index (κ3) is 1.42. The van der Waals surface area contributed by atoms with Crippen LogP contribution in [-0.4, -0.2) is 11.6 Å². The van der Waals surface area contributed by atoms with Gasteiger partial charge in [0.05, 0.1) is 0 Å². The number of carbonyl (C=O) groups excluding carboxylic acids is 2. The first-order valence-electron chi connectivity index (χ1n) is 5.93. The molecule has 3 rings (SSSR count). The van der Waals surface area contributed by atoms with Crippen LogP contribution in [0.5, 0.6) is 0 Å². The van der Waals surface area contributed by atoms with E-state index in [1.54, 1.807) is 6.07 Å². The van der Waals surface area contributed by atoms with E-state index < -0.39 is 5.92 Å². The van der Waals surface area contributed by atoms with E-state index in [4.69, 9.17) is 0 Å². The van der Waals surface area contributed by atoms with Gasteiger partial charge in [-0.1, -0.05) is 48.5 Å². The minimum absolute atomic E-state index is 0.0701. The van der Waals surface area contributed by atoms with Gasteiger partial charge >= 0.3 is 0 Å². The van der Waals surface area contributed by atoms with E-state index in [1.165, 1.54) is 0 Å². The lowest BCUT2D eigenvalue weighted by Gasteiger charge is -2.06. The van der Waals surface area contributed by atoms with Gasteiger partial charge in [0.2, 0.25) is 0 Å². The number of benzene rings is 2. The van der Waals surface area contributed by atoms with Crippen molar-refractivity contribution in [2.45, 2.75) is 12.8 Å². The highest BCUT2D eigenvalue weighted by Crippen LogP contribution is 2.35.